The summed E-state index contributed by atoms with van der Waals surface area (Å²) in [5.74, 6) is 0.961. The number of aryl methyl sites for hydroxylation is 1. The molecule has 7 nitrogen and oxygen atoms in total. The van der Waals surface area contributed by atoms with E-state index in [1.54, 1.807) is 43.5 Å². The van der Waals surface area contributed by atoms with Gasteiger partial charge in [-0.05, 0) is 25.1 Å². The van der Waals surface area contributed by atoms with Crippen LogP contribution in [0.1, 0.15) is 16.2 Å². The number of amides is 1. The van der Waals surface area contributed by atoms with Crippen molar-refractivity contribution in [3.63, 3.8) is 0 Å². The fourth-order valence-corrected chi connectivity index (χ4v) is 2.24. The van der Waals surface area contributed by atoms with Crippen LogP contribution in [-0.2, 0) is 6.73 Å². The van der Waals surface area contributed by atoms with Crippen LogP contribution in [-0.4, -0.2) is 20.8 Å². The summed E-state index contributed by atoms with van der Waals surface area (Å²) in [6.45, 7) is 1.81. The number of hydrogen-bond acceptors (Lipinski definition) is 5. The van der Waals surface area contributed by atoms with Gasteiger partial charge in [0.25, 0.3) is 5.91 Å². The average Bonchev–Trinajstić information content (AvgIpc) is 3.18. The van der Waals surface area contributed by atoms with Crippen LogP contribution < -0.4 is 10.1 Å². The van der Waals surface area contributed by atoms with Gasteiger partial charge in [0, 0.05) is 12.3 Å². The van der Waals surface area contributed by atoms with E-state index in [0.717, 1.165) is 0 Å². The Kier molecular flexibility index (Phi) is 4.73. The number of benzene rings is 1. The van der Waals surface area contributed by atoms with Gasteiger partial charge < -0.3 is 14.6 Å². The second kappa shape index (κ2) is 6.94. The van der Waals surface area contributed by atoms with Crippen molar-refractivity contribution in [2.75, 3.05) is 5.32 Å². The lowest BCUT2D eigenvalue weighted by atomic mass is 10.3. The molecule has 24 heavy (non-hydrogen) atoms. The fourth-order valence-electron chi connectivity index (χ4n) is 1.89. The van der Waals surface area contributed by atoms with Crippen LogP contribution >= 0.6 is 23.2 Å². The highest BCUT2D eigenvalue weighted by molar-refractivity contribution is 6.42. The maximum atomic E-state index is 12.1. The number of aromatic nitrogens is 3. The van der Waals surface area contributed by atoms with Gasteiger partial charge in [0.15, 0.2) is 18.2 Å². The van der Waals surface area contributed by atoms with E-state index >= 15 is 0 Å². The molecule has 1 N–H and O–H groups in total. The van der Waals surface area contributed by atoms with Crippen LogP contribution in [0.2, 0.25) is 10.0 Å². The van der Waals surface area contributed by atoms with Gasteiger partial charge in [-0.1, -0.05) is 34.4 Å². The smallest absolute Gasteiger partial charge is 0.277 e. The summed E-state index contributed by atoms with van der Waals surface area (Å²) in [5.41, 5.74) is 0.219. The summed E-state index contributed by atoms with van der Waals surface area (Å²) in [6.07, 6.45) is 1.61. The predicted octanol–water partition coefficient (Wildman–Crippen LogP) is 3.78. The molecule has 0 saturated heterocycles. The Morgan fingerprint density at radius 1 is 1.38 bits per heavy atom. The molecule has 2 heterocycles. The number of nitrogens with one attached hydrogen (secondary N) is 1. The number of hydrogen-bond donors (Lipinski definition) is 1. The molecule has 0 spiro atoms. The van der Waals surface area contributed by atoms with Gasteiger partial charge in [-0.2, -0.15) is 5.10 Å². The molecule has 0 unspecified atom stereocenters. The topological polar surface area (TPSA) is 82.2 Å². The quantitative estimate of drug-likeness (QED) is 0.742. The summed E-state index contributed by atoms with van der Waals surface area (Å²) in [5, 5.41) is 11.1. The molecule has 2 aromatic heterocycles. The highest BCUT2D eigenvalue weighted by Crippen LogP contribution is 2.31. The van der Waals surface area contributed by atoms with Gasteiger partial charge in [-0.15, -0.1) is 0 Å². The van der Waals surface area contributed by atoms with Crippen molar-refractivity contribution < 1.29 is 14.1 Å². The van der Waals surface area contributed by atoms with Crippen LogP contribution in [0.3, 0.4) is 0 Å². The fraction of sp³-hybridized carbons (Fsp3) is 0.133. The number of rotatable bonds is 5. The Hall–Kier alpha value is -2.51. The molecule has 0 bridgehead atoms. The van der Waals surface area contributed by atoms with Crippen molar-refractivity contribution in [3.05, 3.63) is 58.0 Å². The first kappa shape index (κ1) is 16.4. The Bertz CT molecular complexity index is 875. The lowest BCUT2D eigenvalue weighted by molar-refractivity contribution is 0.101. The van der Waals surface area contributed by atoms with Gasteiger partial charge in [0.05, 0.1) is 5.02 Å². The normalized spacial score (nSPS) is 10.6. The van der Waals surface area contributed by atoms with Crippen molar-refractivity contribution in [1.82, 2.24) is 14.9 Å². The Labute approximate surface area is 147 Å². The van der Waals surface area contributed by atoms with Gasteiger partial charge >= 0.3 is 0 Å². The molecular formula is C15H12Cl2N4O3. The lowest BCUT2D eigenvalue weighted by Crippen LogP contribution is -2.14. The zero-order chi connectivity index (χ0) is 17.1. The Morgan fingerprint density at radius 2 is 2.21 bits per heavy atom. The van der Waals surface area contributed by atoms with Crippen LogP contribution in [0, 0.1) is 6.92 Å². The van der Waals surface area contributed by atoms with E-state index in [9.17, 15) is 4.79 Å². The zero-order valence-corrected chi connectivity index (χ0v) is 14.0. The Morgan fingerprint density at radius 3 is 2.96 bits per heavy atom. The summed E-state index contributed by atoms with van der Waals surface area (Å²) in [7, 11) is 0. The zero-order valence-electron chi connectivity index (χ0n) is 12.5. The summed E-state index contributed by atoms with van der Waals surface area (Å²) < 4.78 is 11.9. The third-order valence-corrected chi connectivity index (χ3v) is 3.81. The van der Waals surface area contributed by atoms with Crippen molar-refractivity contribution >= 4 is 34.9 Å². The van der Waals surface area contributed by atoms with Crippen molar-refractivity contribution in [2.45, 2.75) is 13.7 Å². The second-order valence-corrected chi connectivity index (χ2v) is 5.63. The van der Waals surface area contributed by atoms with E-state index in [1.165, 1.54) is 4.68 Å². The van der Waals surface area contributed by atoms with Crippen LogP contribution in [0.5, 0.6) is 5.75 Å². The van der Waals surface area contributed by atoms with E-state index in [2.05, 4.69) is 15.6 Å². The largest absolute Gasteiger partial charge is 0.470 e. The SMILES string of the molecule is Cc1cc(NC(=O)c2ccn(COc3cccc(Cl)c3Cl)n2)no1. The third-order valence-electron chi connectivity index (χ3n) is 3.01. The summed E-state index contributed by atoms with van der Waals surface area (Å²) in [4.78, 5) is 12.1. The first-order chi connectivity index (χ1) is 11.5. The molecule has 0 fully saturated rings. The summed E-state index contributed by atoms with van der Waals surface area (Å²) in [6, 6.07) is 8.26. The molecule has 0 aliphatic heterocycles. The van der Waals surface area contributed by atoms with Crippen LogP contribution in [0.4, 0.5) is 5.82 Å². The summed E-state index contributed by atoms with van der Waals surface area (Å²) >= 11 is 12.0. The molecule has 124 valence electrons. The monoisotopic (exact) mass is 366 g/mol. The third kappa shape index (κ3) is 3.69. The molecule has 1 aromatic carbocycles. The molecule has 0 aliphatic carbocycles. The number of anilines is 1. The maximum absolute atomic E-state index is 12.1. The van der Waals surface area contributed by atoms with E-state index in [4.69, 9.17) is 32.5 Å². The van der Waals surface area contributed by atoms with Gasteiger partial charge in [-0.25, -0.2) is 4.68 Å². The molecular weight excluding hydrogens is 355 g/mol. The van der Waals surface area contributed by atoms with Crippen LogP contribution in [0.25, 0.3) is 0 Å². The first-order valence-electron chi connectivity index (χ1n) is 6.88. The number of carbonyl (C=O) groups excluding carboxylic acids is 1. The van der Waals surface area contributed by atoms with Crippen molar-refractivity contribution in [1.29, 1.82) is 0 Å². The number of carbonyl (C=O) groups is 1. The Balaban J connectivity index is 1.63. The minimum atomic E-state index is -0.400. The molecule has 0 aliphatic rings. The van der Waals surface area contributed by atoms with Gasteiger partial charge in [0.2, 0.25) is 0 Å². The standard InChI is InChI=1S/C15H12Cl2N4O3/c1-9-7-13(20-24-9)18-15(22)11-5-6-21(19-11)8-23-12-4-2-3-10(16)14(12)17/h2-7H,8H2,1H3,(H,18,20,22). The number of ether oxygens (including phenoxy) is 1. The predicted molar refractivity (Wildman–Crippen MR) is 88.5 cm³/mol. The highest BCUT2D eigenvalue weighted by Gasteiger charge is 2.12. The van der Waals surface area contributed by atoms with Crippen molar-refractivity contribution in [2.24, 2.45) is 0 Å². The first-order valence-corrected chi connectivity index (χ1v) is 7.63. The van der Waals surface area contributed by atoms with E-state index in [1.807, 2.05) is 0 Å². The maximum Gasteiger partial charge on any atom is 0.277 e. The highest BCUT2D eigenvalue weighted by atomic mass is 35.5. The molecule has 0 atom stereocenters. The van der Waals surface area contributed by atoms with Crippen molar-refractivity contribution in [3.8, 4) is 5.75 Å². The van der Waals surface area contributed by atoms with E-state index in [-0.39, 0.29) is 12.4 Å². The lowest BCUT2D eigenvalue weighted by Gasteiger charge is -2.08. The molecule has 1 amide bonds. The minimum absolute atomic E-state index is 0.0798. The van der Waals surface area contributed by atoms with Gasteiger partial charge in [-0.3, -0.25) is 4.79 Å². The second-order valence-electron chi connectivity index (χ2n) is 4.84. The molecule has 3 aromatic rings. The van der Waals surface area contributed by atoms with Crippen LogP contribution in [0.15, 0.2) is 41.1 Å². The average molecular weight is 367 g/mol. The number of halogens is 2. The molecule has 0 saturated carbocycles. The number of nitrogens with zero attached hydrogens (tertiary/aromatic N) is 3. The van der Waals surface area contributed by atoms with E-state index < -0.39 is 5.91 Å². The molecule has 0 radical (unpaired) electrons. The molecule has 9 heteroatoms. The molecule has 3 rings (SSSR count). The minimum Gasteiger partial charge on any atom is -0.470 e. The van der Waals surface area contributed by atoms with E-state index in [0.29, 0.717) is 27.4 Å². The van der Waals surface area contributed by atoms with Gasteiger partial charge in [0.1, 0.15) is 16.5 Å².